The van der Waals surface area contributed by atoms with Crippen molar-refractivity contribution >= 4 is 0 Å². The molecule has 2 aliphatic heterocycles. The summed E-state index contributed by atoms with van der Waals surface area (Å²) in [6, 6.07) is 8.54. The number of ether oxygens (including phenoxy) is 1. The van der Waals surface area contributed by atoms with Crippen molar-refractivity contribution in [3.05, 3.63) is 41.5 Å². The number of nitrogens with one attached hydrogen (secondary N) is 1. The highest BCUT2D eigenvalue weighted by molar-refractivity contribution is 5.42. The van der Waals surface area contributed by atoms with E-state index in [0.717, 1.165) is 36.0 Å². The number of nitrogens with zero attached hydrogens (tertiary/aromatic N) is 2. The van der Waals surface area contributed by atoms with Gasteiger partial charge in [-0.15, -0.1) is 0 Å². The molecule has 5 heteroatoms. The highest BCUT2D eigenvalue weighted by atomic mass is 16.5. The second-order valence-electron chi connectivity index (χ2n) is 5.45. The summed E-state index contributed by atoms with van der Waals surface area (Å²) in [4.78, 5) is 4.56. The molecule has 0 bridgehead atoms. The van der Waals surface area contributed by atoms with Crippen molar-refractivity contribution in [3.8, 4) is 5.75 Å². The summed E-state index contributed by atoms with van der Waals surface area (Å²) >= 11 is 0. The van der Waals surface area contributed by atoms with Crippen molar-refractivity contribution in [1.82, 2.24) is 15.5 Å². The van der Waals surface area contributed by atoms with Gasteiger partial charge in [0.2, 0.25) is 5.89 Å². The average Bonchev–Trinajstić information content (AvgIpc) is 3.18. The number of rotatable bonds is 3. The van der Waals surface area contributed by atoms with E-state index in [1.54, 1.807) is 0 Å². The molecule has 2 unspecified atom stereocenters. The van der Waals surface area contributed by atoms with Crippen molar-refractivity contribution < 1.29 is 9.26 Å². The smallest absolute Gasteiger partial charge is 0.228 e. The SMILES string of the molecule is c1ccc2c(c1)OCC2c1noc(CC2CCCN2)n1. The molecule has 0 aliphatic carbocycles. The maximum absolute atomic E-state index is 5.67. The molecule has 1 saturated heterocycles. The van der Waals surface area contributed by atoms with E-state index in [-0.39, 0.29) is 5.92 Å². The Bertz CT molecular complexity index is 605. The third kappa shape index (κ3) is 2.08. The second kappa shape index (κ2) is 4.90. The zero-order valence-corrected chi connectivity index (χ0v) is 11.2. The molecule has 0 amide bonds. The fourth-order valence-corrected chi connectivity index (χ4v) is 3.01. The van der Waals surface area contributed by atoms with Crippen molar-refractivity contribution in [2.24, 2.45) is 0 Å². The van der Waals surface area contributed by atoms with E-state index in [4.69, 9.17) is 9.26 Å². The first kappa shape index (κ1) is 11.9. The van der Waals surface area contributed by atoms with E-state index >= 15 is 0 Å². The van der Waals surface area contributed by atoms with E-state index in [2.05, 4.69) is 21.5 Å². The van der Waals surface area contributed by atoms with Crippen LogP contribution >= 0.6 is 0 Å². The Labute approximate surface area is 117 Å². The van der Waals surface area contributed by atoms with Crippen LogP contribution in [0.3, 0.4) is 0 Å². The van der Waals surface area contributed by atoms with E-state index in [1.165, 1.54) is 12.8 Å². The van der Waals surface area contributed by atoms with Gasteiger partial charge in [0.1, 0.15) is 12.4 Å². The average molecular weight is 271 g/mol. The van der Waals surface area contributed by atoms with E-state index in [1.807, 2.05) is 18.2 Å². The maximum atomic E-state index is 5.67. The molecule has 0 saturated carbocycles. The molecule has 1 aromatic heterocycles. The number of aromatic nitrogens is 2. The van der Waals surface area contributed by atoms with Crippen LogP contribution in [0.4, 0.5) is 0 Å². The van der Waals surface area contributed by atoms with Crippen molar-refractivity contribution in [2.45, 2.75) is 31.2 Å². The minimum absolute atomic E-state index is 0.0974. The van der Waals surface area contributed by atoms with Crippen LogP contribution in [0, 0.1) is 0 Å². The normalized spacial score (nSPS) is 24.6. The Morgan fingerprint density at radius 1 is 1.30 bits per heavy atom. The lowest BCUT2D eigenvalue weighted by atomic mass is 10.0. The zero-order chi connectivity index (χ0) is 13.4. The molecule has 5 nitrogen and oxygen atoms in total. The Balaban J connectivity index is 1.54. The second-order valence-corrected chi connectivity index (χ2v) is 5.45. The zero-order valence-electron chi connectivity index (χ0n) is 11.2. The predicted octanol–water partition coefficient (Wildman–Crippen LogP) is 1.89. The predicted molar refractivity (Wildman–Crippen MR) is 72.8 cm³/mol. The van der Waals surface area contributed by atoms with Gasteiger partial charge in [-0.05, 0) is 25.5 Å². The van der Waals surface area contributed by atoms with Crippen molar-refractivity contribution in [1.29, 1.82) is 0 Å². The topological polar surface area (TPSA) is 60.2 Å². The molecule has 4 rings (SSSR count). The molecule has 0 spiro atoms. The summed E-state index contributed by atoms with van der Waals surface area (Å²) in [5.41, 5.74) is 1.15. The molecule has 1 fully saturated rings. The molecule has 2 aliphatic rings. The van der Waals surface area contributed by atoms with Crippen molar-refractivity contribution in [2.75, 3.05) is 13.2 Å². The third-order valence-corrected chi connectivity index (χ3v) is 4.08. The van der Waals surface area contributed by atoms with Gasteiger partial charge in [0.15, 0.2) is 5.82 Å². The van der Waals surface area contributed by atoms with Gasteiger partial charge in [0, 0.05) is 18.0 Å². The third-order valence-electron chi connectivity index (χ3n) is 4.08. The fourth-order valence-electron chi connectivity index (χ4n) is 3.01. The summed E-state index contributed by atoms with van der Waals surface area (Å²) < 4.78 is 11.1. The standard InChI is InChI=1S/C15H17N3O2/c1-2-6-13-11(5-1)12(9-19-13)15-17-14(20-18-15)8-10-4-3-7-16-10/h1-2,5-6,10,12,16H,3-4,7-9H2. The summed E-state index contributed by atoms with van der Waals surface area (Å²) in [6.07, 6.45) is 3.24. The largest absolute Gasteiger partial charge is 0.492 e. The highest BCUT2D eigenvalue weighted by Crippen LogP contribution is 2.36. The van der Waals surface area contributed by atoms with E-state index in [0.29, 0.717) is 12.6 Å². The van der Waals surface area contributed by atoms with Crippen LogP contribution in [-0.2, 0) is 6.42 Å². The summed E-state index contributed by atoms with van der Waals surface area (Å²) in [7, 11) is 0. The molecular formula is C15H17N3O2. The minimum Gasteiger partial charge on any atom is -0.492 e. The van der Waals surface area contributed by atoms with Crippen LogP contribution in [0.15, 0.2) is 28.8 Å². The van der Waals surface area contributed by atoms with Crippen LogP contribution in [0.25, 0.3) is 0 Å². The van der Waals surface area contributed by atoms with Crippen LogP contribution in [0.1, 0.15) is 36.0 Å². The Hall–Kier alpha value is -1.88. The lowest BCUT2D eigenvalue weighted by molar-refractivity contribution is 0.330. The monoisotopic (exact) mass is 271 g/mol. The summed E-state index contributed by atoms with van der Waals surface area (Å²) in [5, 5.41) is 7.59. The maximum Gasteiger partial charge on any atom is 0.228 e. The first-order chi connectivity index (χ1) is 9.90. The van der Waals surface area contributed by atoms with Gasteiger partial charge in [-0.25, -0.2) is 0 Å². The van der Waals surface area contributed by atoms with Gasteiger partial charge < -0.3 is 14.6 Å². The van der Waals surface area contributed by atoms with Gasteiger partial charge >= 0.3 is 0 Å². The van der Waals surface area contributed by atoms with E-state index < -0.39 is 0 Å². The van der Waals surface area contributed by atoms with Crippen LogP contribution in [-0.4, -0.2) is 29.3 Å². The van der Waals surface area contributed by atoms with Gasteiger partial charge in [0.05, 0.1) is 5.92 Å². The molecule has 3 heterocycles. The van der Waals surface area contributed by atoms with Crippen LogP contribution < -0.4 is 10.1 Å². The summed E-state index contributed by atoms with van der Waals surface area (Å²) in [5.74, 6) is 2.49. The number of benzene rings is 1. The van der Waals surface area contributed by atoms with Gasteiger partial charge in [-0.3, -0.25) is 0 Å². The minimum atomic E-state index is 0.0974. The molecule has 2 aromatic rings. The first-order valence-corrected chi connectivity index (χ1v) is 7.18. The van der Waals surface area contributed by atoms with Crippen molar-refractivity contribution in [3.63, 3.8) is 0 Å². The Morgan fingerprint density at radius 2 is 2.25 bits per heavy atom. The highest BCUT2D eigenvalue weighted by Gasteiger charge is 2.29. The molecule has 104 valence electrons. The quantitative estimate of drug-likeness (QED) is 0.923. The lowest BCUT2D eigenvalue weighted by Crippen LogP contribution is -2.23. The molecule has 1 aromatic carbocycles. The van der Waals surface area contributed by atoms with Gasteiger partial charge in [-0.1, -0.05) is 23.4 Å². The van der Waals surface area contributed by atoms with E-state index in [9.17, 15) is 0 Å². The first-order valence-electron chi connectivity index (χ1n) is 7.18. The van der Waals surface area contributed by atoms with Gasteiger partial charge in [-0.2, -0.15) is 4.98 Å². The number of hydrogen-bond donors (Lipinski definition) is 1. The Kier molecular flexibility index (Phi) is 2.92. The van der Waals surface area contributed by atoms with Crippen LogP contribution in [0.2, 0.25) is 0 Å². The molecule has 2 atom stereocenters. The van der Waals surface area contributed by atoms with Gasteiger partial charge in [0.25, 0.3) is 0 Å². The number of hydrogen-bond acceptors (Lipinski definition) is 5. The molecule has 20 heavy (non-hydrogen) atoms. The molecular weight excluding hydrogens is 254 g/mol. The molecule has 0 radical (unpaired) electrons. The number of para-hydroxylation sites is 1. The fraction of sp³-hybridized carbons (Fsp3) is 0.467. The van der Waals surface area contributed by atoms with Crippen LogP contribution in [0.5, 0.6) is 5.75 Å². The summed E-state index contributed by atoms with van der Waals surface area (Å²) in [6.45, 7) is 1.69. The molecule has 1 N–H and O–H groups in total. The number of fused-ring (bicyclic) bond motifs is 1. The Morgan fingerprint density at radius 3 is 3.15 bits per heavy atom. The lowest BCUT2D eigenvalue weighted by Gasteiger charge is -2.05.